The van der Waals surface area contributed by atoms with Gasteiger partial charge >= 0.3 is 6.09 Å². The number of alkyl carbamates (subject to hydrolysis) is 1. The van der Waals surface area contributed by atoms with Crippen molar-refractivity contribution in [3.8, 4) is 0 Å². The minimum atomic E-state index is -0.344. The number of hydrogen-bond acceptors (Lipinski definition) is 2. The Hall–Kier alpha value is -1.51. The summed E-state index contributed by atoms with van der Waals surface area (Å²) in [6.45, 7) is 6.82. The number of nitrogens with one attached hydrogen (secondary N) is 1. The van der Waals surface area contributed by atoms with E-state index in [1.165, 1.54) is 5.56 Å². The highest BCUT2D eigenvalue weighted by molar-refractivity contribution is 5.67. The van der Waals surface area contributed by atoms with E-state index in [1.54, 1.807) is 6.92 Å². The van der Waals surface area contributed by atoms with Crippen molar-refractivity contribution in [2.45, 2.75) is 27.2 Å². The van der Waals surface area contributed by atoms with Gasteiger partial charge in [-0.25, -0.2) is 4.79 Å². The third-order valence-electron chi connectivity index (χ3n) is 1.80. The summed E-state index contributed by atoms with van der Waals surface area (Å²) in [5.74, 6) is 0. The monoisotopic (exact) mass is 225 g/mol. The van der Waals surface area contributed by atoms with Crippen molar-refractivity contribution >= 4 is 6.09 Å². The molecule has 3 heteroatoms. The van der Waals surface area contributed by atoms with E-state index in [1.807, 2.05) is 44.2 Å². The van der Waals surface area contributed by atoms with Gasteiger partial charge in [-0.1, -0.05) is 44.2 Å². The maximum Gasteiger partial charge on any atom is 0.407 e. The SMILES string of the molecule is CC.CCOC(=O)NCCc1ccccc1.[HH]. The second-order valence-corrected chi connectivity index (χ2v) is 2.88. The molecule has 0 aliphatic heterocycles. The van der Waals surface area contributed by atoms with Gasteiger partial charge in [0.15, 0.2) is 0 Å². The first-order valence-corrected chi connectivity index (χ1v) is 5.77. The van der Waals surface area contributed by atoms with Crippen molar-refractivity contribution < 1.29 is 11.0 Å². The standard InChI is InChI=1S/C11H15NO2.C2H6.H2/c1-2-14-11(13)12-9-8-10-6-4-3-5-7-10;1-2;/h3-7H,2,8-9H2,1H3,(H,12,13);1-2H3;1H. The molecule has 1 N–H and O–H groups in total. The number of carbonyl (C=O) groups is 1. The third kappa shape index (κ3) is 6.87. The first kappa shape index (κ1) is 14.5. The molecule has 0 saturated carbocycles. The molecular formula is C13H23NO2. The van der Waals surface area contributed by atoms with E-state index in [0.29, 0.717) is 13.2 Å². The molecule has 0 fully saturated rings. The fraction of sp³-hybridized carbons (Fsp3) is 0.462. The molecule has 0 unspecified atom stereocenters. The molecule has 92 valence electrons. The molecule has 0 saturated heterocycles. The van der Waals surface area contributed by atoms with Crippen LogP contribution in [0.2, 0.25) is 0 Å². The zero-order chi connectivity index (χ0) is 12.2. The Kier molecular flexibility index (Phi) is 9.08. The molecule has 1 amide bonds. The lowest BCUT2D eigenvalue weighted by molar-refractivity contribution is 0.152. The summed E-state index contributed by atoms with van der Waals surface area (Å²) in [6.07, 6.45) is 0.489. The van der Waals surface area contributed by atoms with E-state index in [-0.39, 0.29) is 7.52 Å². The molecule has 0 aliphatic carbocycles. The molecule has 16 heavy (non-hydrogen) atoms. The van der Waals surface area contributed by atoms with Gasteiger partial charge in [-0.15, -0.1) is 0 Å². The molecule has 3 nitrogen and oxygen atoms in total. The van der Waals surface area contributed by atoms with Crippen LogP contribution in [-0.2, 0) is 11.2 Å². The minimum Gasteiger partial charge on any atom is -0.450 e. The van der Waals surface area contributed by atoms with Crippen molar-refractivity contribution in [1.82, 2.24) is 5.32 Å². The maximum absolute atomic E-state index is 10.9. The van der Waals surface area contributed by atoms with Crippen LogP contribution >= 0.6 is 0 Å². The highest BCUT2D eigenvalue weighted by atomic mass is 16.5. The average Bonchev–Trinajstić information content (AvgIpc) is 2.33. The summed E-state index contributed by atoms with van der Waals surface area (Å²) in [6, 6.07) is 10.0. The van der Waals surface area contributed by atoms with E-state index in [4.69, 9.17) is 4.74 Å². The number of amides is 1. The topological polar surface area (TPSA) is 38.3 Å². The van der Waals surface area contributed by atoms with Crippen LogP contribution in [-0.4, -0.2) is 19.2 Å². The zero-order valence-corrected chi connectivity index (χ0v) is 10.3. The number of hydrogen-bond donors (Lipinski definition) is 1. The van der Waals surface area contributed by atoms with Crippen LogP contribution in [0.25, 0.3) is 0 Å². The molecular weight excluding hydrogens is 202 g/mol. The van der Waals surface area contributed by atoms with Gasteiger partial charge in [0.05, 0.1) is 6.61 Å². The largest absolute Gasteiger partial charge is 0.450 e. The number of benzene rings is 1. The summed E-state index contributed by atoms with van der Waals surface area (Å²) >= 11 is 0. The summed E-state index contributed by atoms with van der Waals surface area (Å²) < 4.78 is 4.73. The van der Waals surface area contributed by atoms with Gasteiger partial charge in [0.2, 0.25) is 0 Å². The first-order chi connectivity index (χ1) is 7.83. The van der Waals surface area contributed by atoms with Crippen LogP contribution < -0.4 is 5.32 Å². The van der Waals surface area contributed by atoms with Gasteiger partial charge < -0.3 is 10.1 Å². The van der Waals surface area contributed by atoms with Gasteiger partial charge in [-0.2, -0.15) is 0 Å². The van der Waals surface area contributed by atoms with Crippen LogP contribution in [0.4, 0.5) is 4.79 Å². The summed E-state index contributed by atoms with van der Waals surface area (Å²) in [7, 11) is 0. The lowest BCUT2D eigenvalue weighted by Crippen LogP contribution is -2.26. The Morgan fingerprint density at radius 2 is 1.94 bits per heavy atom. The van der Waals surface area contributed by atoms with E-state index < -0.39 is 0 Å². The molecule has 0 bridgehead atoms. The maximum atomic E-state index is 10.9. The predicted octanol–water partition coefficient (Wildman–Crippen LogP) is 3.25. The molecule has 1 aromatic carbocycles. The van der Waals surface area contributed by atoms with E-state index >= 15 is 0 Å². The van der Waals surface area contributed by atoms with Crippen LogP contribution in [0.15, 0.2) is 30.3 Å². The molecule has 0 aliphatic rings. The molecule has 1 rings (SSSR count). The van der Waals surface area contributed by atoms with E-state index in [0.717, 1.165) is 6.42 Å². The summed E-state index contributed by atoms with van der Waals surface area (Å²) in [4.78, 5) is 10.9. The highest BCUT2D eigenvalue weighted by Gasteiger charge is 1.98. The quantitative estimate of drug-likeness (QED) is 0.854. The van der Waals surface area contributed by atoms with Crippen LogP contribution in [0, 0.1) is 0 Å². The van der Waals surface area contributed by atoms with Crippen molar-refractivity contribution in [1.29, 1.82) is 0 Å². The first-order valence-electron chi connectivity index (χ1n) is 5.77. The van der Waals surface area contributed by atoms with Gasteiger partial charge in [-0.05, 0) is 18.9 Å². The second kappa shape index (κ2) is 10.0. The van der Waals surface area contributed by atoms with Gasteiger partial charge in [-0.3, -0.25) is 0 Å². The number of rotatable bonds is 4. The fourth-order valence-electron chi connectivity index (χ4n) is 1.14. The third-order valence-corrected chi connectivity index (χ3v) is 1.80. The zero-order valence-electron chi connectivity index (χ0n) is 10.3. The summed E-state index contributed by atoms with van der Waals surface area (Å²) in [5, 5.41) is 2.67. The van der Waals surface area contributed by atoms with Crippen molar-refractivity contribution in [3.63, 3.8) is 0 Å². The Morgan fingerprint density at radius 1 is 1.31 bits per heavy atom. The van der Waals surface area contributed by atoms with Crippen molar-refractivity contribution in [2.75, 3.05) is 13.2 Å². The van der Waals surface area contributed by atoms with Crippen LogP contribution in [0.1, 0.15) is 27.8 Å². The van der Waals surface area contributed by atoms with Gasteiger partial charge in [0, 0.05) is 7.97 Å². The molecule has 0 heterocycles. The molecule has 0 aromatic heterocycles. The predicted molar refractivity (Wildman–Crippen MR) is 68.6 cm³/mol. The fourth-order valence-corrected chi connectivity index (χ4v) is 1.14. The minimum absolute atomic E-state index is 0. The van der Waals surface area contributed by atoms with Crippen molar-refractivity contribution in [2.24, 2.45) is 0 Å². The van der Waals surface area contributed by atoms with Crippen molar-refractivity contribution in [3.05, 3.63) is 35.9 Å². The molecule has 0 atom stereocenters. The molecule has 0 spiro atoms. The second-order valence-electron chi connectivity index (χ2n) is 2.88. The average molecular weight is 225 g/mol. The Morgan fingerprint density at radius 3 is 2.50 bits per heavy atom. The highest BCUT2D eigenvalue weighted by Crippen LogP contribution is 1.97. The lowest BCUT2D eigenvalue weighted by atomic mass is 10.1. The Labute approximate surface area is 99.3 Å². The Bertz CT molecular complexity index is 278. The molecule has 0 radical (unpaired) electrons. The van der Waals surface area contributed by atoms with Crippen LogP contribution in [0.5, 0.6) is 0 Å². The van der Waals surface area contributed by atoms with Crippen LogP contribution in [0.3, 0.4) is 0 Å². The smallest absolute Gasteiger partial charge is 0.407 e. The lowest BCUT2D eigenvalue weighted by Gasteiger charge is -2.04. The van der Waals surface area contributed by atoms with Gasteiger partial charge in [0.25, 0.3) is 0 Å². The van der Waals surface area contributed by atoms with Gasteiger partial charge in [0.1, 0.15) is 0 Å². The number of carbonyl (C=O) groups excluding carboxylic acids is 1. The van der Waals surface area contributed by atoms with E-state index in [2.05, 4.69) is 5.32 Å². The molecule has 1 aromatic rings. The number of ether oxygens (including phenoxy) is 1. The summed E-state index contributed by atoms with van der Waals surface area (Å²) in [5.41, 5.74) is 1.21. The Balaban J connectivity index is 0. The normalized spacial score (nSPS) is 8.69. The van der Waals surface area contributed by atoms with E-state index in [9.17, 15) is 4.79 Å².